The smallest absolute Gasteiger partial charge is 0.256 e. The molecule has 1 N–H and O–H groups in total. The highest BCUT2D eigenvalue weighted by molar-refractivity contribution is 6.30. The fourth-order valence-electron chi connectivity index (χ4n) is 4.97. The van der Waals surface area contributed by atoms with Crippen molar-refractivity contribution in [1.82, 2.24) is 15.1 Å². The third kappa shape index (κ3) is 5.12. The van der Waals surface area contributed by atoms with Gasteiger partial charge in [0, 0.05) is 42.1 Å². The molecule has 1 atom stereocenters. The van der Waals surface area contributed by atoms with Gasteiger partial charge in [0.1, 0.15) is 17.5 Å². The number of ether oxygens (including phenoxy) is 1. The van der Waals surface area contributed by atoms with Crippen molar-refractivity contribution < 1.29 is 23.5 Å². The second-order valence-electron chi connectivity index (χ2n) is 9.41. The summed E-state index contributed by atoms with van der Waals surface area (Å²) in [7, 11) is 0. The van der Waals surface area contributed by atoms with Gasteiger partial charge in [-0.1, -0.05) is 35.4 Å². The molecule has 1 aromatic heterocycles. The second kappa shape index (κ2) is 10.4. The molecule has 0 unspecified atom stereocenters. The van der Waals surface area contributed by atoms with Crippen LogP contribution in [0.4, 0.5) is 0 Å². The van der Waals surface area contributed by atoms with Gasteiger partial charge >= 0.3 is 0 Å². The van der Waals surface area contributed by atoms with Crippen LogP contribution in [0.15, 0.2) is 71.3 Å². The summed E-state index contributed by atoms with van der Waals surface area (Å²) in [6.45, 7) is 2.99. The molecule has 192 valence electrons. The molecule has 9 heteroatoms. The van der Waals surface area contributed by atoms with E-state index in [4.69, 9.17) is 20.8 Å². The van der Waals surface area contributed by atoms with Crippen LogP contribution in [-0.4, -0.2) is 59.0 Å². The van der Waals surface area contributed by atoms with E-state index in [0.717, 1.165) is 5.56 Å². The van der Waals surface area contributed by atoms with E-state index in [1.54, 1.807) is 64.6 Å². The molecule has 0 radical (unpaired) electrons. The third-order valence-electron chi connectivity index (χ3n) is 7.00. The predicted molar refractivity (Wildman–Crippen MR) is 137 cm³/mol. The van der Waals surface area contributed by atoms with Gasteiger partial charge in [-0.3, -0.25) is 19.3 Å². The molecule has 3 heterocycles. The monoisotopic (exact) mass is 521 g/mol. The number of furan rings is 1. The highest BCUT2D eigenvalue weighted by atomic mass is 35.5. The molecule has 5 rings (SSSR count). The molecular weight excluding hydrogens is 494 g/mol. The zero-order chi connectivity index (χ0) is 26.0. The summed E-state index contributed by atoms with van der Waals surface area (Å²) in [6.07, 6.45) is 2.32. The van der Waals surface area contributed by atoms with Gasteiger partial charge in [0.2, 0.25) is 5.91 Å². The van der Waals surface area contributed by atoms with Crippen LogP contribution in [0.1, 0.15) is 44.9 Å². The summed E-state index contributed by atoms with van der Waals surface area (Å²) >= 11 is 6.07. The molecule has 0 saturated carbocycles. The van der Waals surface area contributed by atoms with Crippen LogP contribution < -0.4 is 5.32 Å². The Morgan fingerprint density at radius 1 is 1.00 bits per heavy atom. The Kier molecular flexibility index (Phi) is 7.04. The van der Waals surface area contributed by atoms with Gasteiger partial charge in [-0.05, 0) is 49.4 Å². The lowest BCUT2D eigenvalue weighted by molar-refractivity contribution is -0.128. The lowest BCUT2D eigenvalue weighted by Gasteiger charge is -2.44. The average molecular weight is 522 g/mol. The van der Waals surface area contributed by atoms with Gasteiger partial charge in [0.15, 0.2) is 0 Å². The van der Waals surface area contributed by atoms with E-state index in [0.29, 0.717) is 47.8 Å². The summed E-state index contributed by atoms with van der Waals surface area (Å²) in [5.74, 6) is -0.0952. The topological polar surface area (TPSA) is 92.1 Å². The second-order valence-corrected chi connectivity index (χ2v) is 9.85. The maximum absolute atomic E-state index is 13.8. The van der Waals surface area contributed by atoms with E-state index in [2.05, 4.69) is 5.32 Å². The Bertz CT molecular complexity index is 1280. The zero-order valence-corrected chi connectivity index (χ0v) is 21.2. The molecular formula is C28H28ClN3O5. The van der Waals surface area contributed by atoms with E-state index in [1.165, 1.54) is 0 Å². The number of nitrogens with zero attached hydrogens (tertiary/aromatic N) is 2. The number of nitrogens with one attached hydrogen (secondary N) is 1. The number of amides is 3. The quantitative estimate of drug-likeness (QED) is 0.547. The van der Waals surface area contributed by atoms with Crippen LogP contribution in [0.2, 0.25) is 5.02 Å². The molecule has 2 saturated heterocycles. The zero-order valence-electron chi connectivity index (χ0n) is 20.5. The van der Waals surface area contributed by atoms with Crippen LogP contribution >= 0.6 is 11.6 Å². The average Bonchev–Trinajstić information content (AvgIpc) is 3.56. The number of benzene rings is 2. The summed E-state index contributed by atoms with van der Waals surface area (Å²) in [5, 5.41) is 3.36. The number of piperidine rings is 1. The van der Waals surface area contributed by atoms with Gasteiger partial charge < -0.3 is 19.4 Å². The lowest BCUT2D eigenvalue weighted by Crippen LogP contribution is -2.59. The number of rotatable bonds is 5. The summed E-state index contributed by atoms with van der Waals surface area (Å²) < 4.78 is 11.6. The minimum absolute atomic E-state index is 0.0732. The van der Waals surface area contributed by atoms with Crippen molar-refractivity contribution in [2.75, 3.05) is 19.7 Å². The number of likely N-dealkylation sites (tertiary alicyclic amines) is 1. The molecule has 1 spiro atoms. The maximum atomic E-state index is 13.8. The Balaban J connectivity index is 1.36. The summed E-state index contributed by atoms with van der Waals surface area (Å²) in [4.78, 5) is 43.4. The van der Waals surface area contributed by atoms with Crippen molar-refractivity contribution in [3.05, 3.63) is 94.4 Å². The first-order chi connectivity index (χ1) is 17.9. The summed E-state index contributed by atoms with van der Waals surface area (Å²) in [5.41, 5.74) is 1.04. The fraction of sp³-hybridized carbons (Fsp3) is 0.321. The number of hydrogen-bond donors (Lipinski definition) is 1. The van der Waals surface area contributed by atoms with E-state index < -0.39 is 11.8 Å². The minimum atomic E-state index is -0.986. The van der Waals surface area contributed by atoms with E-state index in [-0.39, 0.29) is 30.9 Å². The van der Waals surface area contributed by atoms with Crippen LogP contribution in [-0.2, 0) is 16.1 Å². The van der Waals surface area contributed by atoms with Crippen molar-refractivity contribution in [3.8, 4) is 0 Å². The Labute approximate surface area is 220 Å². The van der Waals surface area contributed by atoms with Crippen LogP contribution in [0.3, 0.4) is 0 Å². The van der Waals surface area contributed by atoms with E-state index in [1.807, 2.05) is 19.1 Å². The predicted octanol–water partition coefficient (Wildman–Crippen LogP) is 4.03. The Hall–Kier alpha value is -3.62. The summed E-state index contributed by atoms with van der Waals surface area (Å²) in [6, 6.07) is 16.8. The highest BCUT2D eigenvalue weighted by Crippen LogP contribution is 2.39. The first-order valence-corrected chi connectivity index (χ1v) is 12.6. The number of carbonyl (C=O) groups is 3. The molecule has 2 fully saturated rings. The number of aryl methyl sites for hydroxylation is 1. The van der Waals surface area contributed by atoms with Crippen molar-refractivity contribution >= 4 is 29.3 Å². The molecule has 3 aromatic rings. The third-order valence-corrected chi connectivity index (χ3v) is 7.24. The van der Waals surface area contributed by atoms with Gasteiger partial charge in [-0.2, -0.15) is 0 Å². The molecule has 3 amide bonds. The normalized spacial score (nSPS) is 18.7. The molecule has 2 aliphatic heterocycles. The van der Waals surface area contributed by atoms with Crippen LogP contribution in [0.25, 0.3) is 0 Å². The number of hydrogen-bond acceptors (Lipinski definition) is 5. The van der Waals surface area contributed by atoms with Crippen molar-refractivity contribution in [3.63, 3.8) is 0 Å². The van der Waals surface area contributed by atoms with Crippen LogP contribution in [0, 0.1) is 6.92 Å². The van der Waals surface area contributed by atoms with Crippen LogP contribution in [0.5, 0.6) is 0 Å². The van der Waals surface area contributed by atoms with Gasteiger partial charge in [0.05, 0.1) is 19.4 Å². The molecule has 0 bridgehead atoms. The molecule has 8 nitrogen and oxygen atoms in total. The highest BCUT2D eigenvalue weighted by Gasteiger charge is 2.54. The van der Waals surface area contributed by atoms with Crippen molar-refractivity contribution in [2.45, 2.75) is 38.1 Å². The van der Waals surface area contributed by atoms with E-state index in [9.17, 15) is 14.4 Å². The number of halogens is 1. The largest absolute Gasteiger partial charge is 0.467 e. The first kappa shape index (κ1) is 25.0. The Morgan fingerprint density at radius 2 is 1.76 bits per heavy atom. The molecule has 37 heavy (non-hydrogen) atoms. The van der Waals surface area contributed by atoms with E-state index >= 15 is 0 Å². The maximum Gasteiger partial charge on any atom is 0.256 e. The molecule has 0 aliphatic carbocycles. The first-order valence-electron chi connectivity index (χ1n) is 12.3. The van der Waals surface area contributed by atoms with Crippen molar-refractivity contribution in [2.24, 2.45) is 0 Å². The standard InChI is InChI=1S/C28H28ClN3O5/c1-19-7-9-20(10-8-19)27(35)32-24(25(33)30-17-23-6-3-15-36-23)18-37-28(32)11-13-31(14-12-28)26(34)21-4-2-5-22(29)16-21/h2-10,15-16,24H,11-14,17-18H2,1H3,(H,30,33)/t24-/m0/s1. The number of carbonyl (C=O) groups excluding carboxylic acids is 3. The Morgan fingerprint density at radius 3 is 2.43 bits per heavy atom. The minimum Gasteiger partial charge on any atom is -0.467 e. The van der Waals surface area contributed by atoms with Gasteiger partial charge in [-0.25, -0.2) is 0 Å². The van der Waals surface area contributed by atoms with Crippen molar-refractivity contribution in [1.29, 1.82) is 0 Å². The fourth-order valence-corrected chi connectivity index (χ4v) is 5.16. The lowest BCUT2D eigenvalue weighted by atomic mass is 9.96. The molecule has 2 aliphatic rings. The SMILES string of the molecule is Cc1ccc(C(=O)N2[C@H](C(=O)NCc3ccco3)COC23CCN(C(=O)c2cccc(Cl)c2)CC3)cc1. The van der Waals surface area contributed by atoms with Gasteiger partial charge in [0.25, 0.3) is 11.8 Å². The van der Waals surface area contributed by atoms with Gasteiger partial charge in [-0.15, -0.1) is 0 Å². The molecule has 2 aromatic carbocycles.